The lowest BCUT2D eigenvalue weighted by Crippen LogP contribution is -2.38. The molecule has 2 heterocycles. The second kappa shape index (κ2) is 10.1. The van der Waals surface area contributed by atoms with E-state index in [-0.39, 0.29) is 24.9 Å². The summed E-state index contributed by atoms with van der Waals surface area (Å²) < 4.78 is 16.6. The number of benzene rings is 2. The minimum absolute atomic E-state index is 0.184. The van der Waals surface area contributed by atoms with Crippen LogP contribution in [0.2, 0.25) is 5.02 Å². The van der Waals surface area contributed by atoms with Crippen LogP contribution < -0.4 is 19.3 Å². The van der Waals surface area contributed by atoms with E-state index in [2.05, 4.69) is 4.98 Å². The molecule has 0 atom stereocenters. The molecule has 1 aliphatic rings. The van der Waals surface area contributed by atoms with Crippen LogP contribution in [0.3, 0.4) is 0 Å². The lowest BCUT2D eigenvalue weighted by Gasteiger charge is -2.31. The van der Waals surface area contributed by atoms with Gasteiger partial charge in [0, 0.05) is 10.7 Å². The molecule has 1 aliphatic heterocycles. The summed E-state index contributed by atoms with van der Waals surface area (Å²) in [5, 5.41) is 0.565. The number of amides is 2. The van der Waals surface area contributed by atoms with Gasteiger partial charge in [-0.15, -0.1) is 0 Å². The molecule has 4 rings (SSSR count). The number of anilines is 3. The summed E-state index contributed by atoms with van der Waals surface area (Å²) in [6.45, 7) is 7.40. The third-order valence-electron chi connectivity index (χ3n) is 5.50. The van der Waals surface area contributed by atoms with Crippen LogP contribution in [0.15, 0.2) is 54.6 Å². The highest BCUT2D eigenvalue weighted by Crippen LogP contribution is 2.38. The Hall–Kier alpha value is -3.78. The van der Waals surface area contributed by atoms with Gasteiger partial charge in [0.1, 0.15) is 22.9 Å². The molecule has 0 fully saturated rings. The fourth-order valence-electron chi connectivity index (χ4n) is 3.75. The molecular weight excluding hydrogens is 482 g/mol. The highest BCUT2D eigenvalue weighted by atomic mass is 35.5. The lowest BCUT2D eigenvalue weighted by molar-refractivity contribution is -0.120. The summed E-state index contributed by atoms with van der Waals surface area (Å²) in [6, 6.07) is 16.0. The Bertz CT molecular complexity index is 1290. The van der Waals surface area contributed by atoms with Crippen molar-refractivity contribution in [3.8, 4) is 11.6 Å². The second-order valence-corrected chi connectivity index (χ2v) is 9.78. The van der Waals surface area contributed by atoms with Crippen LogP contribution in [0.4, 0.5) is 22.0 Å². The van der Waals surface area contributed by atoms with Crippen LogP contribution in [0.1, 0.15) is 31.9 Å². The maximum atomic E-state index is 13.3. The van der Waals surface area contributed by atoms with Crippen LogP contribution in [0.5, 0.6) is 11.6 Å². The molecule has 0 saturated carbocycles. The van der Waals surface area contributed by atoms with Gasteiger partial charge in [-0.1, -0.05) is 17.7 Å². The molecule has 0 radical (unpaired) electrons. The predicted molar refractivity (Wildman–Crippen MR) is 138 cm³/mol. The number of rotatable bonds is 5. The van der Waals surface area contributed by atoms with Gasteiger partial charge in [-0.3, -0.25) is 14.6 Å². The molecule has 8 nitrogen and oxygen atoms in total. The summed E-state index contributed by atoms with van der Waals surface area (Å²) in [5.41, 5.74) is 2.27. The van der Waals surface area contributed by atoms with Crippen molar-refractivity contribution in [3.05, 3.63) is 70.7 Å². The fraction of sp³-hybridized carbons (Fsp3) is 0.296. The molecule has 188 valence electrons. The van der Waals surface area contributed by atoms with Gasteiger partial charge in [0.25, 0.3) is 5.91 Å². The van der Waals surface area contributed by atoms with Gasteiger partial charge >= 0.3 is 6.09 Å². The number of nitrogens with zero attached hydrogens (tertiary/aromatic N) is 3. The maximum absolute atomic E-state index is 13.3. The van der Waals surface area contributed by atoms with Crippen LogP contribution in [-0.4, -0.2) is 36.3 Å². The van der Waals surface area contributed by atoms with Crippen molar-refractivity contribution in [2.75, 3.05) is 23.5 Å². The number of methoxy groups -OCH3 is 1. The van der Waals surface area contributed by atoms with E-state index in [1.54, 1.807) is 64.3 Å². The van der Waals surface area contributed by atoms with Crippen molar-refractivity contribution in [1.29, 1.82) is 0 Å². The Balaban J connectivity index is 1.72. The van der Waals surface area contributed by atoms with Gasteiger partial charge < -0.3 is 14.2 Å². The van der Waals surface area contributed by atoms with Crippen molar-refractivity contribution in [3.63, 3.8) is 0 Å². The largest absolute Gasteiger partial charge is 0.497 e. The monoisotopic (exact) mass is 509 g/mol. The number of hydrogen-bond donors (Lipinski definition) is 0. The summed E-state index contributed by atoms with van der Waals surface area (Å²) >= 11 is 6.02. The molecule has 2 aromatic carbocycles. The molecule has 1 aromatic heterocycles. The molecule has 0 spiro atoms. The average molecular weight is 510 g/mol. The van der Waals surface area contributed by atoms with Gasteiger partial charge in [-0.2, -0.15) is 4.98 Å². The molecule has 36 heavy (non-hydrogen) atoms. The van der Waals surface area contributed by atoms with Gasteiger partial charge in [-0.05, 0) is 87.4 Å². The summed E-state index contributed by atoms with van der Waals surface area (Å²) in [5.74, 6) is 1.07. The van der Waals surface area contributed by atoms with Crippen LogP contribution in [0, 0.1) is 6.92 Å². The number of halogens is 1. The fourth-order valence-corrected chi connectivity index (χ4v) is 3.88. The van der Waals surface area contributed by atoms with Gasteiger partial charge in [0.15, 0.2) is 6.61 Å². The Morgan fingerprint density at radius 1 is 1.14 bits per heavy atom. The first-order valence-corrected chi connectivity index (χ1v) is 11.8. The molecule has 9 heteroatoms. The van der Waals surface area contributed by atoms with Crippen molar-refractivity contribution in [1.82, 2.24) is 4.98 Å². The quantitative estimate of drug-likeness (QED) is 0.416. The summed E-state index contributed by atoms with van der Waals surface area (Å²) in [6.07, 6.45) is -0.549. The highest BCUT2D eigenvalue weighted by molar-refractivity contribution is 6.30. The third-order valence-corrected chi connectivity index (χ3v) is 5.75. The normalized spacial score (nSPS) is 13.1. The Kier molecular flexibility index (Phi) is 7.08. The smallest absolute Gasteiger partial charge is 0.416 e. The SMILES string of the molecule is COc1ccc(CN(C(=O)OC(C)(C)C)c2ccc3c(n2)OCC(=O)N3c2ccc(Cl)cc2)c(C)c1. The zero-order chi connectivity index (χ0) is 26.0. The number of aromatic nitrogens is 1. The van der Waals surface area contributed by atoms with Gasteiger partial charge in [0.2, 0.25) is 5.88 Å². The minimum atomic E-state index is -0.702. The van der Waals surface area contributed by atoms with E-state index in [9.17, 15) is 9.59 Å². The van der Waals surface area contributed by atoms with E-state index in [4.69, 9.17) is 25.8 Å². The number of ether oxygens (including phenoxy) is 3. The molecule has 0 bridgehead atoms. The van der Waals surface area contributed by atoms with Crippen molar-refractivity contribution < 1.29 is 23.8 Å². The Morgan fingerprint density at radius 3 is 2.50 bits per heavy atom. The van der Waals surface area contributed by atoms with Crippen LogP contribution in [0.25, 0.3) is 0 Å². The summed E-state index contributed by atoms with van der Waals surface area (Å²) in [7, 11) is 1.61. The first-order chi connectivity index (χ1) is 17.1. The van der Waals surface area contributed by atoms with Crippen molar-refractivity contribution in [2.24, 2.45) is 0 Å². The third kappa shape index (κ3) is 5.54. The van der Waals surface area contributed by atoms with E-state index in [0.717, 1.165) is 16.9 Å². The number of hydrogen-bond acceptors (Lipinski definition) is 6. The van der Waals surface area contributed by atoms with E-state index in [0.29, 0.717) is 22.2 Å². The van der Waals surface area contributed by atoms with Crippen molar-refractivity contribution in [2.45, 2.75) is 39.8 Å². The molecular formula is C27H28ClN3O5. The summed E-state index contributed by atoms with van der Waals surface area (Å²) in [4.78, 5) is 33.5. The molecule has 0 aliphatic carbocycles. The van der Waals surface area contributed by atoms with E-state index >= 15 is 0 Å². The number of carbonyl (C=O) groups excluding carboxylic acids is 2. The topological polar surface area (TPSA) is 81.2 Å². The van der Waals surface area contributed by atoms with Crippen LogP contribution in [-0.2, 0) is 16.1 Å². The second-order valence-electron chi connectivity index (χ2n) is 9.35. The van der Waals surface area contributed by atoms with E-state index in [1.807, 2.05) is 25.1 Å². The minimum Gasteiger partial charge on any atom is -0.497 e. The highest BCUT2D eigenvalue weighted by Gasteiger charge is 2.31. The predicted octanol–water partition coefficient (Wildman–Crippen LogP) is 6.05. The number of pyridine rings is 1. The Morgan fingerprint density at radius 2 is 1.86 bits per heavy atom. The molecule has 2 amide bonds. The molecule has 3 aromatic rings. The number of carbonyl (C=O) groups is 2. The zero-order valence-corrected chi connectivity index (χ0v) is 21.6. The average Bonchev–Trinajstić information content (AvgIpc) is 2.82. The first kappa shape index (κ1) is 25.3. The van der Waals surface area contributed by atoms with Gasteiger partial charge in [-0.25, -0.2) is 4.79 Å². The maximum Gasteiger partial charge on any atom is 0.416 e. The van der Waals surface area contributed by atoms with Gasteiger partial charge in [0.05, 0.1) is 13.7 Å². The Labute approximate surface area is 215 Å². The zero-order valence-electron chi connectivity index (χ0n) is 20.9. The number of aryl methyl sites for hydroxylation is 1. The molecule has 0 N–H and O–H groups in total. The van der Waals surface area contributed by atoms with Crippen molar-refractivity contribution >= 4 is 40.8 Å². The molecule has 0 saturated heterocycles. The lowest BCUT2D eigenvalue weighted by atomic mass is 10.1. The number of fused-ring (bicyclic) bond motifs is 1. The molecule has 0 unspecified atom stereocenters. The first-order valence-electron chi connectivity index (χ1n) is 11.4. The van der Waals surface area contributed by atoms with Crippen LogP contribution >= 0.6 is 11.6 Å². The van der Waals surface area contributed by atoms with E-state index < -0.39 is 11.7 Å². The van der Waals surface area contributed by atoms with E-state index in [1.165, 1.54) is 9.80 Å². The standard InChI is InChI=1S/C27H28ClN3O5/c1-17-14-21(34-5)11-6-18(17)15-30(26(33)36-27(2,3)4)23-13-12-22-25(29-23)35-16-24(32)31(22)20-9-7-19(28)8-10-20/h6-14H,15-16H2,1-5H3.